The number of ether oxygens (including phenoxy) is 1. The minimum atomic E-state index is -0.678. The maximum absolute atomic E-state index is 12.2. The Morgan fingerprint density at radius 3 is 2.36 bits per heavy atom. The molecule has 0 bridgehead atoms. The lowest BCUT2D eigenvalue weighted by atomic mass is 9.70. The van der Waals surface area contributed by atoms with E-state index in [0.29, 0.717) is 11.8 Å². The first-order chi connectivity index (χ1) is 13.5. The zero-order valence-corrected chi connectivity index (χ0v) is 18.1. The average molecular weight is 386 g/mol. The fraction of sp³-hybridized carbons (Fsp3) is 0.680. The number of hydrogen-bond donors (Lipinski definition) is 1. The summed E-state index contributed by atoms with van der Waals surface area (Å²) in [5.74, 6) is 1.86. The van der Waals surface area contributed by atoms with E-state index in [2.05, 4.69) is 37.2 Å². The van der Waals surface area contributed by atoms with Gasteiger partial charge in [0.25, 0.3) is 0 Å². The molecular weight excluding hydrogens is 346 g/mol. The Morgan fingerprint density at radius 2 is 1.71 bits per heavy atom. The number of methoxy groups -OCH3 is 1. The van der Waals surface area contributed by atoms with Gasteiger partial charge in [0.15, 0.2) is 0 Å². The van der Waals surface area contributed by atoms with Crippen LogP contribution in [0.2, 0.25) is 0 Å². The lowest BCUT2D eigenvalue weighted by Gasteiger charge is -2.41. The molecular formula is C25H39NO2. The average Bonchev–Trinajstić information content (AvgIpc) is 2.83. The van der Waals surface area contributed by atoms with E-state index in [1.165, 1.54) is 56.1 Å². The number of aliphatic hydroxyl groups is 1. The third-order valence-corrected chi connectivity index (χ3v) is 6.85. The van der Waals surface area contributed by atoms with Gasteiger partial charge in [-0.25, -0.2) is 0 Å². The van der Waals surface area contributed by atoms with Gasteiger partial charge in [0.05, 0.1) is 12.7 Å². The lowest BCUT2D eigenvalue weighted by molar-refractivity contribution is -0.0194. The SMILES string of the molecule is COc1ccc(/C=C2\CCCCC(CN(C)C)C2(O)CC2CCCCC2)cc1. The summed E-state index contributed by atoms with van der Waals surface area (Å²) in [6.07, 6.45) is 14.3. The highest BCUT2D eigenvalue weighted by molar-refractivity contribution is 5.56. The van der Waals surface area contributed by atoms with Crippen molar-refractivity contribution in [1.82, 2.24) is 4.90 Å². The molecule has 2 aliphatic rings. The molecule has 2 saturated carbocycles. The van der Waals surface area contributed by atoms with Crippen LogP contribution in [-0.2, 0) is 0 Å². The van der Waals surface area contributed by atoms with Gasteiger partial charge in [-0.2, -0.15) is 0 Å². The highest BCUT2D eigenvalue weighted by atomic mass is 16.5. The van der Waals surface area contributed by atoms with Crippen molar-refractivity contribution in [3.8, 4) is 5.75 Å². The Balaban J connectivity index is 1.92. The molecule has 0 spiro atoms. The van der Waals surface area contributed by atoms with Gasteiger partial charge >= 0.3 is 0 Å². The van der Waals surface area contributed by atoms with E-state index in [1.54, 1.807) is 7.11 Å². The van der Waals surface area contributed by atoms with Crippen LogP contribution < -0.4 is 4.74 Å². The molecule has 0 saturated heterocycles. The first-order valence-electron chi connectivity index (χ1n) is 11.2. The summed E-state index contributed by atoms with van der Waals surface area (Å²) >= 11 is 0. The molecule has 0 radical (unpaired) electrons. The van der Waals surface area contributed by atoms with Gasteiger partial charge in [0.2, 0.25) is 0 Å². The number of nitrogens with zero attached hydrogens (tertiary/aromatic N) is 1. The van der Waals surface area contributed by atoms with Crippen molar-refractivity contribution in [2.24, 2.45) is 11.8 Å². The fourth-order valence-electron chi connectivity index (χ4n) is 5.33. The first-order valence-corrected chi connectivity index (χ1v) is 11.2. The van der Waals surface area contributed by atoms with Crippen molar-refractivity contribution in [3.63, 3.8) is 0 Å². The van der Waals surface area contributed by atoms with Gasteiger partial charge in [-0.15, -0.1) is 0 Å². The Labute approximate surface area is 171 Å². The van der Waals surface area contributed by atoms with E-state index < -0.39 is 5.60 Å². The van der Waals surface area contributed by atoms with E-state index in [-0.39, 0.29) is 0 Å². The molecule has 1 aromatic carbocycles. The normalized spacial score (nSPS) is 28.5. The van der Waals surface area contributed by atoms with Gasteiger partial charge in [-0.3, -0.25) is 0 Å². The molecule has 156 valence electrons. The molecule has 2 unspecified atom stereocenters. The zero-order valence-electron chi connectivity index (χ0n) is 18.1. The molecule has 0 aliphatic heterocycles. The van der Waals surface area contributed by atoms with Gasteiger partial charge in [0, 0.05) is 12.5 Å². The van der Waals surface area contributed by atoms with Gasteiger partial charge in [-0.05, 0) is 69.0 Å². The van der Waals surface area contributed by atoms with E-state index in [0.717, 1.165) is 31.6 Å². The molecule has 3 rings (SSSR count). The summed E-state index contributed by atoms with van der Waals surface area (Å²) in [7, 11) is 5.98. The Bertz CT molecular complexity index is 630. The summed E-state index contributed by atoms with van der Waals surface area (Å²) in [6, 6.07) is 8.25. The van der Waals surface area contributed by atoms with Crippen molar-refractivity contribution < 1.29 is 9.84 Å². The van der Waals surface area contributed by atoms with Gasteiger partial charge in [0.1, 0.15) is 5.75 Å². The summed E-state index contributed by atoms with van der Waals surface area (Å²) in [4.78, 5) is 2.26. The van der Waals surface area contributed by atoms with E-state index in [1.807, 2.05) is 12.1 Å². The van der Waals surface area contributed by atoms with Gasteiger partial charge in [-0.1, -0.05) is 56.7 Å². The van der Waals surface area contributed by atoms with Crippen LogP contribution in [0.5, 0.6) is 5.75 Å². The van der Waals surface area contributed by atoms with Crippen molar-refractivity contribution in [3.05, 3.63) is 35.4 Å². The molecule has 1 N–H and O–H groups in total. The number of hydrogen-bond acceptors (Lipinski definition) is 3. The highest BCUT2D eigenvalue weighted by Crippen LogP contribution is 2.44. The highest BCUT2D eigenvalue weighted by Gasteiger charge is 2.42. The maximum Gasteiger partial charge on any atom is 0.118 e. The van der Waals surface area contributed by atoms with Crippen LogP contribution in [0.15, 0.2) is 29.8 Å². The van der Waals surface area contributed by atoms with Gasteiger partial charge < -0.3 is 14.7 Å². The third-order valence-electron chi connectivity index (χ3n) is 6.85. The molecule has 3 heteroatoms. The van der Waals surface area contributed by atoms with Crippen molar-refractivity contribution >= 4 is 6.08 Å². The summed E-state index contributed by atoms with van der Waals surface area (Å²) in [6.45, 7) is 0.961. The molecule has 3 nitrogen and oxygen atoms in total. The molecule has 2 atom stereocenters. The van der Waals surface area contributed by atoms with Crippen LogP contribution in [0.3, 0.4) is 0 Å². The molecule has 2 fully saturated rings. The second kappa shape index (κ2) is 9.93. The van der Waals surface area contributed by atoms with E-state index in [9.17, 15) is 5.11 Å². The predicted molar refractivity (Wildman–Crippen MR) is 118 cm³/mol. The summed E-state index contributed by atoms with van der Waals surface area (Å²) < 4.78 is 5.31. The van der Waals surface area contributed by atoms with Crippen LogP contribution in [-0.4, -0.2) is 43.4 Å². The zero-order chi connectivity index (χ0) is 20.0. The summed E-state index contributed by atoms with van der Waals surface area (Å²) in [5, 5.41) is 12.2. The Kier molecular flexibility index (Phi) is 7.59. The van der Waals surface area contributed by atoms with Crippen molar-refractivity contribution in [2.45, 2.75) is 69.8 Å². The lowest BCUT2D eigenvalue weighted by Crippen LogP contribution is -2.45. The minimum Gasteiger partial charge on any atom is -0.497 e. The standard InChI is InChI=1S/C25H39NO2/c1-26(2)19-23-12-8-7-11-22(17-20-13-15-24(28-3)16-14-20)25(23,27)18-21-9-5-4-6-10-21/h13-17,21,23,27H,4-12,18-19H2,1-3H3/b22-17+. The second-order valence-electron chi connectivity index (χ2n) is 9.28. The quantitative estimate of drug-likeness (QED) is 0.653. The molecule has 28 heavy (non-hydrogen) atoms. The smallest absolute Gasteiger partial charge is 0.118 e. The first kappa shape index (κ1) is 21.4. The molecule has 0 heterocycles. The molecule has 1 aromatic rings. The molecule has 2 aliphatic carbocycles. The summed E-state index contributed by atoms with van der Waals surface area (Å²) in [5.41, 5.74) is 1.75. The minimum absolute atomic E-state index is 0.316. The van der Waals surface area contributed by atoms with Crippen LogP contribution in [0.4, 0.5) is 0 Å². The largest absolute Gasteiger partial charge is 0.497 e. The topological polar surface area (TPSA) is 32.7 Å². The number of rotatable bonds is 6. The van der Waals surface area contributed by atoms with Crippen LogP contribution in [0, 0.1) is 11.8 Å². The predicted octanol–water partition coefficient (Wildman–Crippen LogP) is 5.53. The number of benzene rings is 1. The maximum atomic E-state index is 12.2. The van der Waals surface area contributed by atoms with E-state index in [4.69, 9.17) is 4.74 Å². The van der Waals surface area contributed by atoms with Crippen LogP contribution in [0.25, 0.3) is 6.08 Å². The fourth-order valence-corrected chi connectivity index (χ4v) is 5.33. The molecule has 0 amide bonds. The Hall–Kier alpha value is -1.32. The third kappa shape index (κ3) is 5.39. The van der Waals surface area contributed by atoms with Crippen molar-refractivity contribution in [1.29, 1.82) is 0 Å². The van der Waals surface area contributed by atoms with Crippen LogP contribution >= 0.6 is 0 Å². The van der Waals surface area contributed by atoms with Crippen molar-refractivity contribution in [2.75, 3.05) is 27.7 Å². The monoisotopic (exact) mass is 385 g/mol. The van der Waals surface area contributed by atoms with E-state index >= 15 is 0 Å². The second-order valence-corrected chi connectivity index (χ2v) is 9.28. The van der Waals surface area contributed by atoms with Crippen LogP contribution in [0.1, 0.15) is 69.8 Å². The Morgan fingerprint density at radius 1 is 1.04 bits per heavy atom. The molecule has 0 aromatic heterocycles.